The molecule has 0 bridgehead atoms. The van der Waals surface area contributed by atoms with E-state index in [1.54, 1.807) is 0 Å². The van der Waals surface area contributed by atoms with Crippen molar-refractivity contribution in [1.82, 2.24) is 0 Å². The summed E-state index contributed by atoms with van der Waals surface area (Å²) in [6, 6.07) is 4.98. The maximum atomic E-state index is 11.7. The second-order valence-electron chi connectivity index (χ2n) is 3.01. The van der Waals surface area contributed by atoms with Gasteiger partial charge in [0.15, 0.2) is 20.9 Å². The van der Waals surface area contributed by atoms with Crippen LogP contribution in [0.25, 0.3) is 0 Å². The van der Waals surface area contributed by atoms with Gasteiger partial charge in [-0.25, -0.2) is 12.6 Å². The van der Waals surface area contributed by atoms with Crippen molar-refractivity contribution in [3.8, 4) is 0 Å². The SMILES string of the molecule is O=COCCS(=O)(=O)c1ccc(S(=O)O)cc1. The van der Waals surface area contributed by atoms with Gasteiger partial charge in [0.25, 0.3) is 6.47 Å². The zero-order valence-corrected chi connectivity index (χ0v) is 10.2. The van der Waals surface area contributed by atoms with Crippen molar-refractivity contribution in [2.45, 2.75) is 9.79 Å². The highest BCUT2D eigenvalue weighted by Crippen LogP contribution is 2.14. The van der Waals surface area contributed by atoms with Crippen LogP contribution in [-0.4, -0.2) is 36.0 Å². The van der Waals surface area contributed by atoms with Gasteiger partial charge < -0.3 is 9.29 Å². The molecule has 17 heavy (non-hydrogen) atoms. The van der Waals surface area contributed by atoms with Gasteiger partial charge in [0.05, 0.1) is 15.5 Å². The second-order valence-corrected chi connectivity index (χ2v) is 6.09. The van der Waals surface area contributed by atoms with E-state index in [0.717, 1.165) is 0 Å². The Morgan fingerprint density at radius 3 is 2.35 bits per heavy atom. The van der Waals surface area contributed by atoms with Crippen LogP contribution in [0.4, 0.5) is 0 Å². The number of carbonyl (C=O) groups excluding carboxylic acids is 1. The molecule has 0 saturated carbocycles. The van der Waals surface area contributed by atoms with Crippen LogP contribution in [0.3, 0.4) is 0 Å². The predicted octanol–water partition coefficient (Wildman–Crippen LogP) is 0.214. The van der Waals surface area contributed by atoms with Crippen molar-refractivity contribution < 1.29 is 26.7 Å². The van der Waals surface area contributed by atoms with Gasteiger partial charge in [0.2, 0.25) is 0 Å². The van der Waals surface area contributed by atoms with Gasteiger partial charge in [-0.2, -0.15) is 0 Å². The quantitative estimate of drug-likeness (QED) is 0.454. The maximum absolute atomic E-state index is 11.7. The zero-order valence-electron chi connectivity index (χ0n) is 8.61. The molecule has 0 aliphatic carbocycles. The zero-order chi connectivity index (χ0) is 12.9. The molecule has 0 heterocycles. The first kappa shape index (κ1) is 13.8. The van der Waals surface area contributed by atoms with E-state index in [2.05, 4.69) is 4.74 Å². The Hall–Kier alpha value is -1.25. The fourth-order valence-corrected chi connectivity index (χ4v) is 2.56. The van der Waals surface area contributed by atoms with Crippen molar-refractivity contribution in [1.29, 1.82) is 0 Å². The van der Waals surface area contributed by atoms with E-state index in [-0.39, 0.29) is 28.6 Å². The van der Waals surface area contributed by atoms with Gasteiger partial charge in [0.1, 0.15) is 6.61 Å². The summed E-state index contributed by atoms with van der Waals surface area (Å²) in [5, 5.41) is 0. The smallest absolute Gasteiger partial charge is 0.293 e. The van der Waals surface area contributed by atoms with E-state index >= 15 is 0 Å². The minimum atomic E-state index is -3.54. The lowest BCUT2D eigenvalue weighted by molar-refractivity contribution is -0.128. The molecule has 6 nitrogen and oxygen atoms in total. The molecule has 0 radical (unpaired) electrons. The average molecular weight is 278 g/mol. The van der Waals surface area contributed by atoms with E-state index < -0.39 is 20.9 Å². The standard InChI is InChI=1S/C9H10O6S2/c10-7-15-5-6-17(13,14)9-3-1-8(2-4-9)16(11)12/h1-4,7H,5-6H2,(H,11,12). The molecule has 1 unspecified atom stereocenters. The number of hydrogen-bond donors (Lipinski definition) is 1. The molecule has 0 fully saturated rings. The second kappa shape index (κ2) is 5.89. The summed E-state index contributed by atoms with van der Waals surface area (Å²) < 4.78 is 47.0. The summed E-state index contributed by atoms with van der Waals surface area (Å²) in [5.74, 6) is -0.326. The van der Waals surface area contributed by atoms with Gasteiger partial charge in [-0.05, 0) is 24.3 Å². The Morgan fingerprint density at radius 1 is 1.29 bits per heavy atom. The van der Waals surface area contributed by atoms with Crippen LogP contribution in [0.1, 0.15) is 0 Å². The Kier molecular flexibility index (Phi) is 4.79. The van der Waals surface area contributed by atoms with Crippen LogP contribution in [0, 0.1) is 0 Å². The molecule has 0 saturated heterocycles. The first-order valence-electron chi connectivity index (χ1n) is 4.46. The molecule has 94 valence electrons. The Balaban J connectivity index is 2.85. The fourth-order valence-electron chi connectivity index (χ4n) is 1.09. The molecule has 0 spiro atoms. The van der Waals surface area contributed by atoms with Crippen molar-refractivity contribution in [3.63, 3.8) is 0 Å². The van der Waals surface area contributed by atoms with Gasteiger partial charge >= 0.3 is 0 Å². The van der Waals surface area contributed by atoms with Crippen molar-refractivity contribution >= 4 is 27.4 Å². The molecule has 1 aromatic carbocycles. The molecule has 8 heteroatoms. The summed E-state index contributed by atoms with van der Waals surface area (Å²) in [5.41, 5.74) is 0. The lowest BCUT2D eigenvalue weighted by Crippen LogP contribution is -2.12. The highest BCUT2D eigenvalue weighted by atomic mass is 32.2. The molecule has 1 atom stereocenters. The van der Waals surface area contributed by atoms with Gasteiger partial charge in [0, 0.05) is 0 Å². The molecule has 1 aromatic rings. The summed E-state index contributed by atoms with van der Waals surface area (Å²) in [7, 11) is -3.54. The Morgan fingerprint density at radius 2 is 1.88 bits per heavy atom. The number of hydrogen-bond acceptors (Lipinski definition) is 5. The summed E-state index contributed by atoms with van der Waals surface area (Å²) >= 11 is -2.14. The van der Waals surface area contributed by atoms with Gasteiger partial charge in [-0.3, -0.25) is 4.79 Å². The average Bonchev–Trinajstić information content (AvgIpc) is 2.29. The van der Waals surface area contributed by atoms with Crippen LogP contribution < -0.4 is 0 Å². The Bertz CT molecular complexity index is 505. The molecule has 1 N–H and O–H groups in total. The summed E-state index contributed by atoms with van der Waals surface area (Å²) in [6.45, 7) is -0.0486. The minimum Gasteiger partial charge on any atom is -0.467 e. The predicted molar refractivity (Wildman–Crippen MR) is 59.5 cm³/mol. The minimum absolute atomic E-state index is 0.0150. The lowest BCUT2D eigenvalue weighted by Gasteiger charge is -2.04. The maximum Gasteiger partial charge on any atom is 0.293 e. The van der Waals surface area contributed by atoms with Gasteiger partial charge in [-0.1, -0.05) is 0 Å². The molecule has 0 aliphatic rings. The Labute approximate surface area is 101 Å². The third-order valence-corrected chi connectivity index (χ3v) is 4.29. The molecule has 0 amide bonds. The number of rotatable bonds is 6. The highest BCUT2D eigenvalue weighted by Gasteiger charge is 2.14. The van der Waals surface area contributed by atoms with E-state index in [4.69, 9.17) is 4.55 Å². The molecule has 1 rings (SSSR count). The number of carbonyl (C=O) groups is 1. The largest absolute Gasteiger partial charge is 0.467 e. The molecule has 0 aliphatic heterocycles. The van der Waals surface area contributed by atoms with Crippen LogP contribution in [0.2, 0.25) is 0 Å². The van der Waals surface area contributed by atoms with Crippen LogP contribution in [-0.2, 0) is 30.4 Å². The van der Waals surface area contributed by atoms with Gasteiger partial charge in [-0.15, -0.1) is 0 Å². The van der Waals surface area contributed by atoms with Crippen molar-refractivity contribution in [2.24, 2.45) is 0 Å². The van der Waals surface area contributed by atoms with Crippen LogP contribution in [0.5, 0.6) is 0 Å². The normalized spacial score (nSPS) is 13.0. The summed E-state index contributed by atoms with van der Waals surface area (Å²) in [6.07, 6.45) is 0. The van der Waals surface area contributed by atoms with Crippen molar-refractivity contribution in [3.05, 3.63) is 24.3 Å². The van der Waals surface area contributed by atoms with E-state index in [9.17, 15) is 17.4 Å². The van der Waals surface area contributed by atoms with E-state index in [1.807, 2.05) is 0 Å². The molecule has 0 aromatic heterocycles. The number of sulfone groups is 1. The first-order valence-corrected chi connectivity index (χ1v) is 7.22. The van der Waals surface area contributed by atoms with E-state index in [1.165, 1.54) is 24.3 Å². The van der Waals surface area contributed by atoms with E-state index in [0.29, 0.717) is 0 Å². The topological polar surface area (TPSA) is 97.7 Å². The molecular weight excluding hydrogens is 268 g/mol. The molecular formula is C9H10O6S2. The number of ether oxygens (including phenoxy) is 1. The fraction of sp³-hybridized carbons (Fsp3) is 0.222. The lowest BCUT2D eigenvalue weighted by atomic mass is 10.4. The third-order valence-electron chi connectivity index (χ3n) is 1.92. The monoisotopic (exact) mass is 278 g/mol. The first-order chi connectivity index (χ1) is 7.97. The van der Waals surface area contributed by atoms with Crippen LogP contribution >= 0.6 is 0 Å². The number of benzene rings is 1. The van der Waals surface area contributed by atoms with Crippen LogP contribution in [0.15, 0.2) is 34.1 Å². The third kappa shape index (κ3) is 3.91. The highest BCUT2D eigenvalue weighted by molar-refractivity contribution is 7.91. The van der Waals surface area contributed by atoms with Crippen molar-refractivity contribution in [2.75, 3.05) is 12.4 Å². The summed E-state index contributed by atoms with van der Waals surface area (Å²) in [4.78, 5) is 10.0.